The Morgan fingerprint density at radius 3 is 2.52 bits per heavy atom. The molecule has 1 N–H and O–H groups in total. The first kappa shape index (κ1) is 19.1. The predicted octanol–water partition coefficient (Wildman–Crippen LogP) is 4.38. The van der Waals surface area contributed by atoms with Gasteiger partial charge in [-0.2, -0.15) is 0 Å². The van der Waals surface area contributed by atoms with Crippen molar-refractivity contribution in [3.8, 4) is 5.75 Å². The Morgan fingerprint density at radius 1 is 1.12 bits per heavy atom. The van der Waals surface area contributed by atoms with Crippen LogP contribution in [0.4, 0.5) is 11.4 Å². The minimum Gasteiger partial charge on any atom is -0.497 e. The first-order valence-corrected chi connectivity index (χ1v) is 8.33. The third kappa shape index (κ3) is 5.37. The molecule has 2 aromatic carbocycles. The van der Waals surface area contributed by atoms with Crippen molar-refractivity contribution in [2.24, 2.45) is 0 Å². The summed E-state index contributed by atoms with van der Waals surface area (Å²) in [5.41, 5.74) is 1.23. The standard InChI is InChI=1S/C18H18Cl2N2O3/c1-12(23)22(14-6-7-16(19)17(20)11-14)9-8-18(24)21-13-4-3-5-15(10-13)25-2/h3-7,10-11H,8-9H2,1-2H3,(H,21,24). The molecular weight excluding hydrogens is 363 g/mol. The summed E-state index contributed by atoms with van der Waals surface area (Å²) in [5, 5.41) is 3.54. The molecule has 0 saturated carbocycles. The van der Waals surface area contributed by atoms with E-state index in [0.29, 0.717) is 27.2 Å². The van der Waals surface area contributed by atoms with Crippen molar-refractivity contribution < 1.29 is 14.3 Å². The van der Waals surface area contributed by atoms with Crippen molar-refractivity contribution in [1.82, 2.24) is 0 Å². The molecule has 0 aliphatic rings. The molecule has 0 bridgehead atoms. The molecule has 5 nitrogen and oxygen atoms in total. The Labute approximate surface area is 156 Å². The van der Waals surface area contributed by atoms with E-state index >= 15 is 0 Å². The summed E-state index contributed by atoms with van der Waals surface area (Å²) in [4.78, 5) is 25.5. The molecule has 0 atom stereocenters. The second kappa shape index (κ2) is 8.74. The lowest BCUT2D eigenvalue weighted by Gasteiger charge is -2.21. The highest BCUT2D eigenvalue weighted by Crippen LogP contribution is 2.27. The van der Waals surface area contributed by atoms with Crippen LogP contribution in [0.15, 0.2) is 42.5 Å². The van der Waals surface area contributed by atoms with Gasteiger partial charge >= 0.3 is 0 Å². The van der Waals surface area contributed by atoms with Crippen molar-refractivity contribution in [2.45, 2.75) is 13.3 Å². The number of halogens is 2. The fourth-order valence-electron chi connectivity index (χ4n) is 2.26. The van der Waals surface area contributed by atoms with Crippen LogP contribution in [-0.2, 0) is 9.59 Å². The Balaban J connectivity index is 2.01. The predicted molar refractivity (Wildman–Crippen MR) is 101 cm³/mol. The number of nitrogens with one attached hydrogen (secondary N) is 1. The number of rotatable bonds is 6. The molecule has 0 saturated heterocycles. The van der Waals surface area contributed by atoms with Gasteiger partial charge in [0.1, 0.15) is 5.75 Å². The normalized spacial score (nSPS) is 10.2. The van der Waals surface area contributed by atoms with Gasteiger partial charge in [-0.3, -0.25) is 9.59 Å². The van der Waals surface area contributed by atoms with Crippen molar-refractivity contribution >= 4 is 46.4 Å². The minimum absolute atomic E-state index is 0.136. The first-order chi connectivity index (χ1) is 11.9. The molecule has 0 spiro atoms. The molecule has 2 amide bonds. The van der Waals surface area contributed by atoms with Crippen LogP contribution in [0, 0.1) is 0 Å². The Hall–Kier alpha value is -2.24. The van der Waals surface area contributed by atoms with Gasteiger partial charge in [-0.15, -0.1) is 0 Å². The summed E-state index contributed by atoms with van der Waals surface area (Å²) in [6.07, 6.45) is 0.136. The number of anilines is 2. The number of amides is 2. The van der Waals surface area contributed by atoms with Crippen LogP contribution in [0.25, 0.3) is 0 Å². The number of hydrogen-bond acceptors (Lipinski definition) is 3. The van der Waals surface area contributed by atoms with E-state index in [1.807, 2.05) is 0 Å². The Bertz CT molecular complexity index is 781. The van der Waals surface area contributed by atoms with Crippen LogP contribution >= 0.6 is 23.2 Å². The van der Waals surface area contributed by atoms with Gasteiger partial charge in [-0.05, 0) is 30.3 Å². The van der Waals surface area contributed by atoms with E-state index in [4.69, 9.17) is 27.9 Å². The van der Waals surface area contributed by atoms with Gasteiger partial charge in [0, 0.05) is 37.3 Å². The van der Waals surface area contributed by atoms with Gasteiger partial charge in [-0.1, -0.05) is 29.3 Å². The summed E-state index contributed by atoms with van der Waals surface area (Å²) in [7, 11) is 1.56. The van der Waals surface area contributed by atoms with Gasteiger partial charge in [0.2, 0.25) is 11.8 Å². The van der Waals surface area contributed by atoms with Crippen molar-refractivity contribution in [3.63, 3.8) is 0 Å². The molecular formula is C18H18Cl2N2O3. The lowest BCUT2D eigenvalue weighted by Crippen LogP contribution is -2.31. The zero-order valence-corrected chi connectivity index (χ0v) is 15.4. The van der Waals surface area contributed by atoms with E-state index in [1.54, 1.807) is 49.6 Å². The number of methoxy groups -OCH3 is 1. The van der Waals surface area contributed by atoms with E-state index in [9.17, 15) is 9.59 Å². The number of hydrogen-bond donors (Lipinski definition) is 1. The van der Waals surface area contributed by atoms with Crippen LogP contribution in [0.3, 0.4) is 0 Å². The highest BCUT2D eigenvalue weighted by molar-refractivity contribution is 6.42. The van der Waals surface area contributed by atoms with Crippen LogP contribution in [0.2, 0.25) is 10.0 Å². The molecule has 2 aromatic rings. The summed E-state index contributed by atoms with van der Waals surface area (Å²) in [6.45, 7) is 1.66. The first-order valence-electron chi connectivity index (χ1n) is 7.57. The maximum Gasteiger partial charge on any atom is 0.226 e. The zero-order valence-electron chi connectivity index (χ0n) is 13.9. The number of nitrogens with zero attached hydrogens (tertiary/aromatic N) is 1. The average Bonchev–Trinajstić information content (AvgIpc) is 2.58. The molecule has 0 aromatic heterocycles. The highest BCUT2D eigenvalue weighted by Gasteiger charge is 2.15. The fraction of sp³-hybridized carbons (Fsp3) is 0.222. The van der Waals surface area contributed by atoms with Crippen LogP contribution in [0.1, 0.15) is 13.3 Å². The van der Waals surface area contributed by atoms with E-state index in [1.165, 1.54) is 11.8 Å². The van der Waals surface area contributed by atoms with E-state index in [0.717, 1.165) is 0 Å². The number of benzene rings is 2. The largest absolute Gasteiger partial charge is 0.497 e. The lowest BCUT2D eigenvalue weighted by molar-refractivity contribution is -0.117. The average molecular weight is 381 g/mol. The van der Waals surface area contributed by atoms with Gasteiger partial charge < -0.3 is 15.0 Å². The van der Waals surface area contributed by atoms with E-state index in [-0.39, 0.29) is 24.8 Å². The number of ether oxygens (including phenoxy) is 1. The van der Waals surface area contributed by atoms with Gasteiger partial charge in [-0.25, -0.2) is 0 Å². The SMILES string of the molecule is COc1cccc(NC(=O)CCN(C(C)=O)c2ccc(Cl)c(Cl)c2)c1. The molecule has 0 aliphatic heterocycles. The number of carbonyl (C=O) groups is 2. The zero-order chi connectivity index (χ0) is 18.4. The van der Waals surface area contributed by atoms with Crippen molar-refractivity contribution in [1.29, 1.82) is 0 Å². The molecule has 7 heteroatoms. The van der Waals surface area contributed by atoms with Crippen molar-refractivity contribution in [2.75, 3.05) is 23.9 Å². The molecule has 0 unspecified atom stereocenters. The van der Waals surface area contributed by atoms with Gasteiger partial charge in [0.15, 0.2) is 0 Å². The molecule has 0 fully saturated rings. The maximum absolute atomic E-state index is 12.2. The molecule has 25 heavy (non-hydrogen) atoms. The Kier molecular flexibility index (Phi) is 6.67. The summed E-state index contributed by atoms with van der Waals surface area (Å²) < 4.78 is 5.12. The monoisotopic (exact) mass is 380 g/mol. The topological polar surface area (TPSA) is 58.6 Å². The lowest BCUT2D eigenvalue weighted by atomic mass is 10.2. The van der Waals surface area contributed by atoms with E-state index < -0.39 is 0 Å². The van der Waals surface area contributed by atoms with Gasteiger partial charge in [0.05, 0.1) is 17.2 Å². The Morgan fingerprint density at radius 2 is 1.88 bits per heavy atom. The molecule has 0 aliphatic carbocycles. The third-order valence-electron chi connectivity index (χ3n) is 3.51. The quantitative estimate of drug-likeness (QED) is 0.808. The second-order valence-electron chi connectivity index (χ2n) is 5.30. The fourth-order valence-corrected chi connectivity index (χ4v) is 2.55. The third-order valence-corrected chi connectivity index (χ3v) is 4.25. The van der Waals surface area contributed by atoms with Crippen LogP contribution < -0.4 is 15.0 Å². The smallest absolute Gasteiger partial charge is 0.226 e. The molecule has 132 valence electrons. The molecule has 2 rings (SSSR count). The van der Waals surface area contributed by atoms with Crippen molar-refractivity contribution in [3.05, 3.63) is 52.5 Å². The molecule has 0 heterocycles. The highest BCUT2D eigenvalue weighted by atomic mass is 35.5. The summed E-state index contributed by atoms with van der Waals surface area (Å²) >= 11 is 11.9. The molecule has 0 radical (unpaired) electrons. The second-order valence-corrected chi connectivity index (χ2v) is 6.11. The summed E-state index contributed by atoms with van der Waals surface area (Å²) in [5.74, 6) is 0.256. The van der Waals surface area contributed by atoms with Gasteiger partial charge in [0.25, 0.3) is 0 Å². The van der Waals surface area contributed by atoms with E-state index in [2.05, 4.69) is 5.32 Å². The minimum atomic E-state index is -0.209. The van der Waals surface area contributed by atoms with Crippen LogP contribution in [-0.4, -0.2) is 25.5 Å². The number of carbonyl (C=O) groups excluding carboxylic acids is 2. The maximum atomic E-state index is 12.2. The summed E-state index contributed by atoms with van der Waals surface area (Å²) in [6, 6.07) is 12.0. The van der Waals surface area contributed by atoms with Crippen LogP contribution in [0.5, 0.6) is 5.75 Å².